The highest BCUT2D eigenvalue weighted by Crippen LogP contribution is 2.51. The average molecular weight is 780 g/mol. The van der Waals surface area contributed by atoms with E-state index in [4.69, 9.17) is 11.6 Å². The Kier molecular flexibility index (Phi) is 7.58. The van der Waals surface area contributed by atoms with Crippen LogP contribution in [0.15, 0.2) is 200 Å². The average Bonchev–Trinajstić information content (AvgIpc) is 3.89. The van der Waals surface area contributed by atoms with Crippen molar-refractivity contribution in [2.45, 2.75) is 19.3 Å². The van der Waals surface area contributed by atoms with Gasteiger partial charge in [0.25, 0.3) is 0 Å². The minimum atomic E-state index is -0.263. The zero-order chi connectivity index (χ0) is 41.0. The van der Waals surface area contributed by atoms with Crippen LogP contribution >= 0.6 is 0 Å². The van der Waals surface area contributed by atoms with Gasteiger partial charge in [-0.15, -0.1) is 0 Å². The highest BCUT2D eigenvalue weighted by Gasteiger charge is 2.38. The summed E-state index contributed by atoms with van der Waals surface area (Å²) in [6.07, 6.45) is 1.89. The van der Waals surface area contributed by atoms with E-state index in [0.29, 0.717) is 0 Å². The lowest BCUT2D eigenvalue weighted by Gasteiger charge is -2.26. The lowest BCUT2D eigenvalue weighted by molar-refractivity contribution is 0.659. The Hall–Kier alpha value is -7.75. The maximum atomic E-state index is 5.61. The maximum absolute atomic E-state index is 5.61. The predicted octanol–water partition coefficient (Wildman–Crippen LogP) is 15.4. The quantitative estimate of drug-likeness (QED) is 0.150. The lowest BCUT2D eigenvalue weighted by Crippen LogP contribution is -2.21. The van der Waals surface area contributed by atoms with Gasteiger partial charge in [0.2, 0.25) is 0 Å². The van der Waals surface area contributed by atoms with E-state index >= 15 is 0 Å². The van der Waals surface area contributed by atoms with Crippen LogP contribution in [0.1, 0.15) is 36.1 Å². The van der Waals surface area contributed by atoms with Crippen molar-refractivity contribution in [3.05, 3.63) is 217 Å². The third-order valence-corrected chi connectivity index (χ3v) is 13.2. The molecule has 0 bridgehead atoms. The normalized spacial score (nSPS) is 13.4. The Morgan fingerprint density at radius 2 is 1.23 bits per heavy atom. The van der Waals surface area contributed by atoms with Gasteiger partial charge < -0.3 is 9.13 Å². The van der Waals surface area contributed by atoms with E-state index in [1.165, 1.54) is 71.0 Å². The Balaban J connectivity index is 1.15. The molecule has 3 heteroatoms. The predicted molar refractivity (Wildman–Crippen MR) is 261 cm³/mol. The number of aliphatic imine (C=N–C) groups is 1. The van der Waals surface area contributed by atoms with Crippen LogP contribution in [0, 0.1) is 0 Å². The van der Waals surface area contributed by atoms with E-state index in [-0.39, 0.29) is 5.41 Å². The summed E-state index contributed by atoms with van der Waals surface area (Å²) in [5, 5.41) is 9.71. The molecule has 2 heterocycles. The summed E-state index contributed by atoms with van der Waals surface area (Å²) in [7, 11) is 0. The third-order valence-electron chi connectivity index (χ3n) is 13.2. The van der Waals surface area contributed by atoms with Crippen LogP contribution in [0.5, 0.6) is 0 Å². The van der Waals surface area contributed by atoms with Gasteiger partial charge in [-0.2, -0.15) is 0 Å². The van der Waals surface area contributed by atoms with Gasteiger partial charge >= 0.3 is 0 Å². The fourth-order valence-corrected chi connectivity index (χ4v) is 10.5. The molecule has 0 spiro atoms. The molecule has 0 saturated heterocycles. The van der Waals surface area contributed by atoms with E-state index in [0.717, 1.165) is 50.3 Å². The Labute approximate surface area is 354 Å². The fraction of sp³-hybridized carbons (Fsp3) is 0.0517. The van der Waals surface area contributed by atoms with Crippen molar-refractivity contribution in [2.75, 3.05) is 0 Å². The number of allylic oxidation sites excluding steroid dienone is 1. The molecule has 1 aliphatic rings. The van der Waals surface area contributed by atoms with Crippen molar-refractivity contribution >= 4 is 88.3 Å². The van der Waals surface area contributed by atoms with Crippen LogP contribution in [0.25, 0.3) is 93.7 Å². The van der Waals surface area contributed by atoms with E-state index in [9.17, 15) is 0 Å². The summed E-state index contributed by atoms with van der Waals surface area (Å²) in [6, 6.07) is 66.0. The van der Waals surface area contributed by atoms with Crippen molar-refractivity contribution in [1.82, 2.24) is 9.13 Å². The van der Waals surface area contributed by atoms with Crippen LogP contribution in [-0.2, 0) is 5.41 Å². The zero-order valence-corrected chi connectivity index (χ0v) is 34.2. The lowest BCUT2D eigenvalue weighted by atomic mass is 9.79. The van der Waals surface area contributed by atoms with Crippen LogP contribution < -0.4 is 0 Å². The fourth-order valence-electron chi connectivity index (χ4n) is 10.5. The number of para-hydroxylation sites is 2. The maximum Gasteiger partial charge on any atom is 0.0947 e. The number of nitrogens with zero attached hydrogens (tertiary/aromatic N) is 3. The van der Waals surface area contributed by atoms with E-state index in [2.05, 4.69) is 199 Å². The second kappa shape index (κ2) is 13.1. The molecule has 288 valence electrons. The number of hydrogen-bond acceptors (Lipinski definition) is 1. The molecule has 9 aromatic carbocycles. The molecule has 3 nitrogen and oxygen atoms in total. The van der Waals surface area contributed by atoms with Gasteiger partial charge in [-0.1, -0.05) is 167 Å². The number of aromatic nitrogens is 2. The van der Waals surface area contributed by atoms with E-state index < -0.39 is 0 Å². The second-order valence-corrected chi connectivity index (χ2v) is 16.9. The molecular weight excluding hydrogens is 739 g/mol. The van der Waals surface area contributed by atoms with Crippen LogP contribution in [-0.4, -0.2) is 14.8 Å². The van der Waals surface area contributed by atoms with Gasteiger partial charge in [-0.05, 0) is 97.9 Å². The first-order chi connectivity index (χ1) is 29.9. The Morgan fingerprint density at radius 1 is 0.541 bits per heavy atom. The largest absolute Gasteiger partial charge is 0.309 e. The molecule has 12 rings (SSSR count). The first-order valence-electron chi connectivity index (χ1n) is 21.0. The molecule has 0 N–H and O–H groups in total. The Morgan fingerprint density at radius 3 is 2.08 bits per heavy atom. The minimum absolute atomic E-state index is 0.263. The first-order valence-corrected chi connectivity index (χ1v) is 21.0. The summed E-state index contributed by atoms with van der Waals surface area (Å²) in [5.74, 6) is 0. The summed E-state index contributed by atoms with van der Waals surface area (Å²) < 4.78 is 4.79. The zero-order valence-electron chi connectivity index (χ0n) is 34.2. The molecular formula is C58H41N3. The molecule has 0 unspecified atom stereocenters. The molecule has 61 heavy (non-hydrogen) atoms. The molecule has 0 atom stereocenters. The molecule has 0 amide bonds. The van der Waals surface area contributed by atoms with Gasteiger partial charge in [0.15, 0.2) is 0 Å². The molecule has 11 aromatic rings. The molecule has 1 aliphatic carbocycles. The molecule has 0 aliphatic heterocycles. The van der Waals surface area contributed by atoms with Crippen molar-refractivity contribution in [1.29, 1.82) is 0 Å². The second-order valence-electron chi connectivity index (χ2n) is 16.9. The van der Waals surface area contributed by atoms with Crippen molar-refractivity contribution in [3.8, 4) is 16.8 Å². The Bertz CT molecular complexity index is 3720. The van der Waals surface area contributed by atoms with Gasteiger partial charge in [0.05, 0.1) is 39.2 Å². The standard InChI is InChI=1S/C58H41N3/c1-5-37-17-9-14-27-50(37)59-57(46-25-16-24-45-43-22-11-13-26-49(43)58(3,4)56(45)46)36(2)60-52-32-30-41(35-48(52)55-42-21-10-8-18-38(42)29-31-53(55)60)61-51-28-15-12-23-44(51)47-33-39-19-6-7-20-40(39)34-54(47)61/h5-35H,1-2H2,3-4H3/b59-57+. The molecule has 0 saturated carbocycles. The number of hydrogen-bond donors (Lipinski definition) is 0. The van der Waals surface area contributed by atoms with Gasteiger partial charge in [-0.25, -0.2) is 4.99 Å². The van der Waals surface area contributed by atoms with Crippen LogP contribution in [0.3, 0.4) is 0 Å². The summed E-state index contributed by atoms with van der Waals surface area (Å²) in [6.45, 7) is 13.9. The van der Waals surface area contributed by atoms with Crippen LogP contribution in [0.2, 0.25) is 0 Å². The van der Waals surface area contributed by atoms with Crippen LogP contribution in [0.4, 0.5) is 5.69 Å². The van der Waals surface area contributed by atoms with Gasteiger partial charge in [0.1, 0.15) is 0 Å². The highest BCUT2D eigenvalue weighted by molar-refractivity contribution is 6.33. The molecule has 0 radical (unpaired) electrons. The van der Waals surface area contributed by atoms with Gasteiger partial charge in [0, 0.05) is 38.2 Å². The minimum Gasteiger partial charge on any atom is -0.309 e. The van der Waals surface area contributed by atoms with Crippen molar-refractivity contribution in [2.24, 2.45) is 4.99 Å². The van der Waals surface area contributed by atoms with Gasteiger partial charge in [-0.3, -0.25) is 0 Å². The summed E-state index contributed by atoms with van der Waals surface area (Å²) in [4.78, 5) is 5.61. The monoisotopic (exact) mass is 779 g/mol. The first kappa shape index (κ1) is 35.2. The molecule has 2 aromatic heterocycles. The van der Waals surface area contributed by atoms with Crippen molar-refractivity contribution < 1.29 is 0 Å². The topological polar surface area (TPSA) is 22.2 Å². The van der Waals surface area contributed by atoms with Crippen molar-refractivity contribution in [3.63, 3.8) is 0 Å². The van der Waals surface area contributed by atoms with E-state index in [1.54, 1.807) is 0 Å². The molecule has 0 fully saturated rings. The number of benzene rings is 9. The highest BCUT2D eigenvalue weighted by atomic mass is 15.0. The summed E-state index contributed by atoms with van der Waals surface area (Å²) >= 11 is 0. The smallest absolute Gasteiger partial charge is 0.0947 e. The summed E-state index contributed by atoms with van der Waals surface area (Å²) in [5.41, 5.74) is 15.0. The number of fused-ring (bicyclic) bond motifs is 12. The number of rotatable bonds is 6. The SMILES string of the molecule is C=Cc1ccccc1/N=C(\C(=C)n1c2ccc(-n3c4ccccc4c4cc5ccccc5cc43)cc2c2c3ccccc3ccc21)c1cccc2c1C(C)(C)c1ccccc1-2. The van der Waals surface area contributed by atoms with E-state index in [1.807, 2.05) is 18.2 Å². The third kappa shape index (κ3) is 5.07.